The highest BCUT2D eigenvalue weighted by atomic mass is 19.1. The third kappa shape index (κ3) is 2.93. The summed E-state index contributed by atoms with van der Waals surface area (Å²) < 4.78 is 18.5. The average molecular weight is 210 g/mol. The SMILES string of the molecule is OCCc1cc(F)ccc1OCC1CC1. The number of ether oxygens (including phenoxy) is 1. The number of aliphatic hydroxyl groups excluding tert-OH is 1. The van der Waals surface area contributed by atoms with E-state index in [4.69, 9.17) is 9.84 Å². The summed E-state index contributed by atoms with van der Waals surface area (Å²) in [4.78, 5) is 0. The lowest BCUT2D eigenvalue weighted by molar-refractivity contribution is 0.281. The molecular weight excluding hydrogens is 195 g/mol. The van der Waals surface area contributed by atoms with Crippen LogP contribution in [-0.4, -0.2) is 18.3 Å². The monoisotopic (exact) mass is 210 g/mol. The third-order valence-corrected chi connectivity index (χ3v) is 2.58. The van der Waals surface area contributed by atoms with Gasteiger partial charge in [0, 0.05) is 6.61 Å². The number of rotatable bonds is 5. The number of halogens is 1. The van der Waals surface area contributed by atoms with Crippen LogP contribution in [0.5, 0.6) is 5.75 Å². The molecule has 15 heavy (non-hydrogen) atoms. The topological polar surface area (TPSA) is 29.5 Å². The van der Waals surface area contributed by atoms with Crippen molar-refractivity contribution in [2.45, 2.75) is 19.3 Å². The maximum atomic E-state index is 12.9. The van der Waals surface area contributed by atoms with Gasteiger partial charge in [-0.05, 0) is 48.9 Å². The van der Waals surface area contributed by atoms with Crippen molar-refractivity contribution in [1.82, 2.24) is 0 Å². The first-order valence-electron chi connectivity index (χ1n) is 5.31. The molecule has 0 bridgehead atoms. The van der Waals surface area contributed by atoms with Gasteiger partial charge in [0.25, 0.3) is 0 Å². The lowest BCUT2D eigenvalue weighted by Gasteiger charge is -2.10. The van der Waals surface area contributed by atoms with E-state index < -0.39 is 0 Å². The zero-order valence-corrected chi connectivity index (χ0v) is 8.58. The summed E-state index contributed by atoms with van der Waals surface area (Å²) in [6.45, 7) is 0.729. The summed E-state index contributed by atoms with van der Waals surface area (Å²) in [5.41, 5.74) is 0.748. The maximum absolute atomic E-state index is 12.9. The predicted molar refractivity (Wildman–Crippen MR) is 55.4 cm³/mol. The molecule has 0 unspecified atom stereocenters. The van der Waals surface area contributed by atoms with Gasteiger partial charge >= 0.3 is 0 Å². The number of hydrogen-bond donors (Lipinski definition) is 1. The largest absolute Gasteiger partial charge is 0.493 e. The Labute approximate surface area is 88.7 Å². The molecule has 1 aromatic carbocycles. The van der Waals surface area contributed by atoms with Gasteiger partial charge < -0.3 is 9.84 Å². The van der Waals surface area contributed by atoms with Crippen LogP contribution in [0, 0.1) is 11.7 Å². The van der Waals surface area contributed by atoms with Crippen LogP contribution in [0.2, 0.25) is 0 Å². The normalized spacial score (nSPS) is 15.3. The van der Waals surface area contributed by atoms with Crippen molar-refractivity contribution in [3.63, 3.8) is 0 Å². The van der Waals surface area contributed by atoms with Gasteiger partial charge in [0.1, 0.15) is 11.6 Å². The van der Waals surface area contributed by atoms with Crippen LogP contribution < -0.4 is 4.74 Å². The highest BCUT2D eigenvalue weighted by Gasteiger charge is 2.22. The van der Waals surface area contributed by atoms with Crippen LogP contribution in [0.15, 0.2) is 18.2 Å². The molecule has 82 valence electrons. The standard InChI is InChI=1S/C12H15FO2/c13-11-3-4-12(10(7-11)5-6-14)15-8-9-1-2-9/h3-4,7,9,14H,1-2,5-6,8H2. The molecule has 0 aliphatic heterocycles. The zero-order chi connectivity index (χ0) is 10.7. The second-order valence-corrected chi connectivity index (χ2v) is 3.98. The minimum absolute atomic E-state index is 0.0171. The summed E-state index contributed by atoms with van der Waals surface area (Å²) in [7, 11) is 0. The first-order valence-corrected chi connectivity index (χ1v) is 5.31. The van der Waals surface area contributed by atoms with Crippen molar-refractivity contribution >= 4 is 0 Å². The molecule has 3 heteroatoms. The van der Waals surface area contributed by atoms with E-state index in [-0.39, 0.29) is 12.4 Å². The first-order chi connectivity index (χ1) is 7.29. The van der Waals surface area contributed by atoms with Crippen molar-refractivity contribution in [3.8, 4) is 5.75 Å². The summed E-state index contributed by atoms with van der Waals surface area (Å²) in [6, 6.07) is 4.46. The van der Waals surface area contributed by atoms with Crippen molar-refractivity contribution in [2.24, 2.45) is 5.92 Å². The Morgan fingerprint density at radius 1 is 1.40 bits per heavy atom. The molecule has 1 aromatic rings. The Bertz CT molecular complexity index is 334. The summed E-state index contributed by atoms with van der Waals surface area (Å²) in [5.74, 6) is 1.10. The Kier molecular flexibility index (Phi) is 3.21. The Morgan fingerprint density at radius 2 is 2.20 bits per heavy atom. The van der Waals surface area contributed by atoms with E-state index in [1.54, 1.807) is 6.07 Å². The van der Waals surface area contributed by atoms with Crippen LogP contribution in [0.4, 0.5) is 4.39 Å². The molecule has 0 atom stereocenters. The summed E-state index contributed by atoms with van der Waals surface area (Å²) in [5, 5.41) is 8.85. The Hall–Kier alpha value is -1.09. The molecule has 1 aliphatic carbocycles. The van der Waals surface area contributed by atoms with E-state index in [2.05, 4.69) is 0 Å². The van der Waals surface area contributed by atoms with Gasteiger partial charge in [-0.25, -0.2) is 4.39 Å². The van der Waals surface area contributed by atoms with E-state index >= 15 is 0 Å². The number of hydrogen-bond acceptors (Lipinski definition) is 2. The summed E-state index contributed by atoms with van der Waals surface area (Å²) in [6.07, 6.45) is 2.91. The molecule has 0 aromatic heterocycles. The maximum Gasteiger partial charge on any atom is 0.123 e. The highest BCUT2D eigenvalue weighted by Crippen LogP contribution is 2.30. The van der Waals surface area contributed by atoms with Gasteiger partial charge in [0.2, 0.25) is 0 Å². The molecule has 2 nitrogen and oxygen atoms in total. The van der Waals surface area contributed by atoms with E-state index in [1.165, 1.54) is 25.0 Å². The highest BCUT2D eigenvalue weighted by molar-refractivity contribution is 5.34. The fourth-order valence-electron chi connectivity index (χ4n) is 1.50. The number of benzene rings is 1. The number of aliphatic hydroxyl groups is 1. The van der Waals surface area contributed by atoms with Gasteiger partial charge in [0.15, 0.2) is 0 Å². The molecule has 0 radical (unpaired) electrons. The van der Waals surface area contributed by atoms with Crippen molar-refractivity contribution in [1.29, 1.82) is 0 Å². The van der Waals surface area contributed by atoms with Crippen LogP contribution in [0.25, 0.3) is 0 Å². The molecule has 1 fully saturated rings. The van der Waals surface area contributed by atoms with Gasteiger partial charge in [-0.1, -0.05) is 0 Å². The smallest absolute Gasteiger partial charge is 0.123 e. The fourth-order valence-corrected chi connectivity index (χ4v) is 1.50. The molecule has 0 spiro atoms. The molecule has 1 saturated carbocycles. The lowest BCUT2D eigenvalue weighted by Crippen LogP contribution is -2.03. The van der Waals surface area contributed by atoms with E-state index in [1.807, 2.05) is 0 Å². The second kappa shape index (κ2) is 4.62. The Balaban J connectivity index is 2.04. The lowest BCUT2D eigenvalue weighted by atomic mass is 10.1. The Morgan fingerprint density at radius 3 is 2.87 bits per heavy atom. The zero-order valence-electron chi connectivity index (χ0n) is 8.58. The van der Waals surface area contributed by atoms with Crippen LogP contribution in [-0.2, 0) is 6.42 Å². The fraction of sp³-hybridized carbons (Fsp3) is 0.500. The minimum Gasteiger partial charge on any atom is -0.493 e. The predicted octanol–water partition coefficient (Wildman–Crippen LogP) is 2.15. The second-order valence-electron chi connectivity index (χ2n) is 3.98. The first kappa shape index (κ1) is 10.4. The van der Waals surface area contributed by atoms with Crippen molar-refractivity contribution in [2.75, 3.05) is 13.2 Å². The van der Waals surface area contributed by atoms with Crippen LogP contribution in [0.1, 0.15) is 18.4 Å². The van der Waals surface area contributed by atoms with Gasteiger partial charge in [-0.15, -0.1) is 0 Å². The molecule has 1 N–H and O–H groups in total. The van der Waals surface area contributed by atoms with E-state index in [0.29, 0.717) is 24.7 Å². The van der Waals surface area contributed by atoms with Crippen LogP contribution in [0.3, 0.4) is 0 Å². The van der Waals surface area contributed by atoms with Gasteiger partial charge in [-0.2, -0.15) is 0 Å². The van der Waals surface area contributed by atoms with Crippen molar-refractivity contribution in [3.05, 3.63) is 29.6 Å². The van der Waals surface area contributed by atoms with Gasteiger partial charge in [-0.3, -0.25) is 0 Å². The molecule has 0 saturated heterocycles. The van der Waals surface area contributed by atoms with Crippen LogP contribution >= 0.6 is 0 Å². The summed E-state index contributed by atoms with van der Waals surface area (Å²) >= 11 is 0. The molecule has 0 amide bonds. The van der Waals surface area contributed by atoms with E-state index in [9.17, 15) is 4.39 Å². The molecule has 1 aliphatic rings. The van der Waals surface area contributed by atoms with Crippen molar-refractivity contribution < 1.29 is 14.2 Å². The average Bonchev–Trinajstić information content (AvgIpc) is 3.01. The third-order valence-electron chi connectivity index (χ3n) is 2.58. The molecule has 2 rings (SSSR count). The molecule has 0 heterocycles. The van der Waals surface area contributed by atoms with Gasteiger partial charge in [0.05, 0.1) is 6.61 Å². The minimum atomic E-state index is -0.280. The van der Waals surface area contributed by atoms with E-state index in [0.717, 1.165) is 5.56 Å². The quantitative estimate of drug-likeness (QED) is 0.806. The molecular formula is C12H15FO2.